The third-order valence-electron chi connectivity index (χ3n) is 4.80. The van der Waals surface area contributed by atoms with Crippen molar-refractivity contribution in [3.05, 3.63) is 35.1 Å². The number of hydrogen-bond donors (Lipinski definition) is 1. The molecule has 0 bridgehead atoms. The molecule has 1 aromatic carbocycles. The van der Waals surface area contributed by atoms with E-state index in [1.54, 1.807) is 17.9 Å². The smallest absolute Gasteiger partial charge is 0.317 e. The van der Waals surface area contributed by atoms with E-state index in [9.17, 15) is 17.6 Å². The van der Waals surface area contributed by atoms with Crippen LogP contribution in [0.15, 0.2) is 18.2 Å². The number of halogens is 1. The first kappa shape index (κ1) is 17.2. The molecular weight excluding hydrogens is 333 g/mol. The molecule has 1 fully saturated rings. The van der Waals surface area contributed by atoms with E-state index in [2.05, 4.69) is 5.32 Å². The minimum absolute atomic E-state index is 0.0730. The van der Waals surface area contributed by atoms with Crippen LogP contribution in [0.4, 0.5) is 9.18 Å². The van der Waals surface area contributed by atoms with Crippen LogP contribution < -0.4 is 5.32 Å². The predicted molar refractivity (Wildman–Crippen MR) is 88.6 cm³/mol. The Kier molecular flexibility index (Phi) is 4.78. The quantitative estimate of drug-likeness (QED) is 0.893. The average Bonchev–Trinajstić information content (AvgIpc) is 2.99. The molecule has 1 N–H and O–H groups in total. The highest BCUT2D eigenvalue weighted by molar-refractivity contribution is 7.89. The van der Waals surface area contributed by atoms with Crippen molar-refractivity contribution in [3.63, 3.8) is 0 Å². The molecule has 132 valence electrons. The van der Waals surface area contributed by atoms with E-state index in [4.69, 9.17) is 0 Å². The minimum Gasteiger partial charge on any atom is -0.331 e. The molecule has 8 heteroatoms. The van der Waals surface area contributed by atoms with Crippen molar-refractivity contribution in [2.24, 2.45) is 0 Å². The van der Waals surface area contributed by atoms with Crippen molar-refractivity contribution in [1.82, 2.24) is 14.5 Å². The van der Waals surface area contributed by atoms with Gasteiger partial charge in [-0.05, 0) is 37.0 Å². The van der Waals surface area contributed by atoms with Crippen molar-refractivity contribution < 1.29 is 17.6 Å². The van der Waals surface area contributed by atoms with Crippen LogP contribution in [0.1, 0.15) is 30.5 Å². The number of nitrogens with zero attached hydrogens (tertiary/aromatic N) is 2. The molecule has 2 aliphatic rings. The molecule has 1 aliphatic carbocycles. The molecule has 24 heavy (non-hydrogen) atoms. The highest BCUT2D eigenvalue weighted by Gasteiger charge is 2.31. The Bertz CT molecular complexity index is 730. The van der Waals surface area contributed by atoms with E-state index in [1.807, 2.05) is 6.07 Å². The summed E-state index contributed by atoms with van der Waals surface area (Å²) < 4.78 is 38.9. The number of piperazine rings is 1. The third-order valence-corrected chi connectivity index (χ3v) is 6.68. The van der Waals surface area contributed by atoms with Crippen LogP contribution in [0.2, 0.25) is 0 Å². The molecule has 2 amide bonds. The van der Waals surface area contributed by atoms with Gasteiger partial charge in [0.2, 0.25) is 10.0 Å². The molecule has 0 saturated carbocycles. The zero-order chi connectivity index (χ0) is 17.3. The topological polar surface area (TPSA) is 69.7 Å². The molecule has 0 radical (unpaired) electrons. The maximum Gasteiger partial charge on any atom is 0.317 e. The van der Waals surface area contributed by atoms with E-state index in [1.165, 1.54) is 10.4 Å². The van der Waals surface area contributed by atoms with E-state index in [-0.39, 0.29) is 23.6 Å². The first-order valence-corrected chi connectivity index (χ1v) is 9.84. The monoisotopic (exact) mass is 355 g/mol. The molecule has 1 aromatic rings. The molecule has 0 aromatic heterocycles. The lowest BCUT2D eigenvalue weighted by atomic mass is 10.1. The van der Waals surface area contributed by atoms with Gasteiger partial charge in [-0.1, -0.05) is 12.1 Å². The van der Waals surface area contributed by atoms with Crippen LogP contribution >= 0.6 is 0 Å². The Labute approximate surface area is 141 Å². The zero-order valence-electron chi connectivity index (χ0n) is 13.7. The van der Waals surface area contributed by atoms with Crippen LogP contribution in [-0.2, 0) is 16.4 Å². The number of urea groups is 1. The second-order valence-corrected chi connectivity index (χ2v) is 8.39. The van der Waals surface area contributed by atoms with E-state index in [0.717, 1.165) is 5.56 Å². The summed E-state index contributed by atoms with van der Waals surface area (Å²) in [6.45, 7) is 2.99. The third kappa shape index (κ3) is 3.25. The summed E-state index contributed by atoms with van der Waals surface area (Å²) in [6.07, 6.45) is 1.31. The highest BCUT2D eigenvalue weighted by Crippen LogP contribution is 2.32. The van der Waals surface area contributed by atoms with Crippen molar-refractivity contribution in [1.29, 1.82) is 0 Å². The Hall–Kier alpha value is -1.67. The Balaban J connectivity index is 1.59. The molecule has 1 saturated heterocycles. The molecular formula is C16H22FN3O3S. The number of nitrogens with one attached hydrogen (secondary N) is 1. The number of fused-ring (bicyclic) bond motifs is 1. The van der Waals surface area contributed by atoms with Gasteiger partial charge in [0, 0.05) is 26.2 Å². The van der Waals surface area contributed by atoms with Crippen LogP contribution in [-0.4, -0.2) is 55.6 Å². The SMILES string of the molecule is CCS(=O)(=O)N1CCN(C(=O)NC2CCc3c(F)cccc32)CC1. The second-order valence-electron chi connectivity index (χ2n) is 6.14. The summed E-state index contributed by atoms with van der Waals surface area (Å²) in [5, 5.41) is 2.95. The van der Waals surface area contributed by atoms with Gasteiger partial charge in [-0.25, -0.2) is 17.6 Å². The van der Waals surface area contributed by atoms with E-state index in [0.29, 0.717) is 44.6 Å². The fourth-order valence-corrected chi connectivity index (χ4v) is 4.44. The summed E-state index contributed by atoms with van der Waals surface area (Å²) in [6, 6.07) is 4.55. The van der Waals surface area contributed by atoms with E-state index < -0.39 is 10.0 Å². The van der Waals surface area contributed by atoms with Gasteiger partial charge in [0.15, 0.2) is 0 Å². The summed E-state index contributed by atoms with van der Waals surface area (Å²) in [5.74, 6) is -0.147. The minimum atomic E-state index is -3.20. The maximum absolute atomic E-state index is 13.8. The number of carbonyl (C=O) groups is 1. The van der Waals surface area contributed by atoms with Gasteiger partial charge in [-0.15, -0.1) is 0 Å². The number of amides is 2. The Morgan fingerprint density at radius 2 is 2.00 bits per heavy atom. The molecule has 1 heterocycles. The number of sulfonamides is 1. The average molecular weight is 355 g/mol. The van der Waals surface area contributed by atoms with Gasteiger partial charge in [-0.2, -0.15) is 4.31 Å². The molecule has 3 rings (SSSR count). The van der Waals surface area contributed by atoms with Gasteiger partial charge in [0.05, 0.1) is 11.8 Å². The Morgan fingerprint density at radius 3 is 2.67 bits per heavy atom. The van der Waals surface area contributed by atoms with Crippen LogP contribution in [0, 0.1) is 5.82 Å². The fourth-order valence-electron chi connectivity index (χ4n) is 3.35. The number of rotatable bonds is 3. The molecule has 1 aliphatic heterocycles. The van der Waals surface area contributed by atoms with E-state index >= 15 is 0 Å². The zero-order valence-corrected chi connectivity index (χ0v) is 14.5. The summed E-state index contributed by atoms with van der Waals surface area (Å²) in [4.78, 5) is 14.1. The summed E-state index contributed by atoms with van der Waals surface area (Å²) in [5.41, 5.74) is 1.53. The molecule has 1 unspecified atom stereocenters. The normalized spacial score (nSPS) is 21.6. The van der Waals surface area contributed by atoms with Crippen molar-refractivity contribution in [2.75, 3.05) is 31.9 Å². The lowest BCUT2D eigenvalue weighted by Crippen LogP contribution is -2.53. The first-order chi connectivity index (χ1) is 11.4. The van der Waals surface area contributed by atoms with Crippen molar-refractivity contribution >= 4 is 16.1 Å². The molecule has 1 atom stereocenters. The number of hydrogen-bond acceptors (Lipinski definition) is 3. The summed E-state index contributed by atoms with van der Waals surface area (Å²) in [7, 11) is -3.20. The predicted octanol–water partition coefficient (Wildman–Crippen LogP) is 1.49. The largest absolute Gasteiger partial charge is 0.331 e. The lowest BCUT2D eigenvalue weighted by molar-refractivity contribution is 0.169. The molecule has 0 spiro atoms. The van der Waals surface area contributed by atoms with Gasteiger partial charge in [0.1, 0.15) is 5.82 Å². The first-order valence-electron chi connectivity index (χ1n) is 8.23. The lowest BCUT2D eigenvalue weighted by Gasteiger charge is -2.34. The van der Waals surface area contributed by atoms with Crippen LogP contribution in [0.25, 0.3) is 0 Å². The summed E-state index contributed by atoms with van der Waals surface area (Å²) >= 11 is 0. The van der Waals surface area contributed by atoms with Crippen molar-refractivity contribution in [2.45, 2.75) is 25.8 Å². The maximum atomic E-state index is 13.8. The number of carbonyl (C=O) groups excluding carboxylic acids is 1. The second kappa shape index (κ2) is 6.68. The Morgan fingerprint density at radius 1 is 1.29 bits per heavy atom. The highest BCUT2D eigenvalue weighted by atomic mass is 32.2. The fraction of sp³-hybridized carbons (Fsp3) is 0.562. The standard InChI is InChI=1S/C16H22FN3O3S/c1-2-24(22,23)20-10-8-19(9-11-20)16(21)18-15-7-6-12-13(15)4-3-5-14(12)17/h3-5,15H,2,6-11H2,1H3,(H,18,21). The van der Waals surface area contributed by atoms with Gasteiger partial charge >= 0.3 is 6.03 Å². The number of benzene rings is 1. The van der Waals surface area contributed by atoms with Crippen LogP contribution in [0.3, 0.4) is 0 Å². The van der Waals surface area contributed by atoms with Crippen molar-refractivity contribution in [3.8, 4) is 0 Å². The molecule has 6 nitrogen and oxygen atoms in total. The van der Waals surface area contributed by atoms with Gasteiger partial charge in [0.25, 0.3) is 0 Å². The van der Waals surface area contributed by atoms with Gasteiger partial charge < -0.3 is 10.2 Å². The van der Waals surface area contributed by atoms with Gasteiger partial charge in [-0.3, -0.25) is 0 Å². The van der Waals surface area contributed by atoms with Crippen LogP contribution in [0.5, 0.6) is 0 Å².